The molecule has 0 saturated carbocycles. The number of fused-ring (bicyclic) bond motifs is 12. The number of hydrogen-bond acceptors (Lipinski definition) is 5. The fraction of sp³-hybridized carbons (Fsp3) is 0.151. The van der Waals surface area contributed by atoms with Gasteiger partial charge < -0.3 is 8.98 Å². The summed E-state index contributed by atoms with van der Waals surface area (Å²) in [6.07, 6.45) is 4.76. The average Bonchev–Trinajstić information content (AvgIpc) is 3.96. The van der Waals surface area contributed by atoms with Crippen LogP contribution in [0.4, 0.5) is 0 Å². The third-order valence-electron chi connectivity index (χ3n) is 13.7. The van der Waals surface area contributed by atoms with Crippen LogP contribution in [0.15, 0.2) is 155 Å². The van der Waals surface area contributed by atoms with Crippen LogP contribution >= 0.6 is 11.3 Å². The van der Waals surface area contributed by atoms with Gasteiger partial charge in [-0.25, -0.2) is 15.0 Å². The molecule has 4 atom stereocenters. The zero-order valence-corrected chi connectivity index (χ0v) is 33.9. The second kappa shape index (κ2) is 11.7. The minimum Gasteiger partial charge on any atom is -0.453 e. The van der Waals surface area contributed by atoms with Gasteiger partial charge in [0.15, 0.2) is 17.2 Å². The van der Waals surface area contributed by atoms with Gasteiger partial charge in [-0.1, -0.05) is 123 Å². The van der Waals surface area contributed by atoms with Crippen molar-refractivity contribution in [1.29, 1.82) is 0 Å². The zero-order valence-electron chi connectivity index (χ0n) is 33.1. The van der Waals surface area contributed by atoms with Crippen LogP contribution in [0.1, 0.15) is 56.6 Å². The van der Waals surface area contributed by atoms with Gasteiger partial charge in [-0.2, -0.15) is 0 Å². The highest BCUT2D eigenvalue weighted by Crippen LogP contribution is 2.58. The molecule has 59 heavy (non-hydrogen) atoms. The van der Waals surface area contributed by atoms with Gasteiger partial charge in [0, 0.05) is 59.4 Å². The maximum atomic E-state index is 7.14. The van der Waals surface area contributed by atoms with Crippen molar-refractivity contribution in [2.24, 2.45) is 5.92 Å². The number of rotatable bonds is 2. The Hall–Kier alpha value is -6.63. The quantitative estimate of drug-likeness (QED) is 0.164. The zero-order chi connectivity index (χ0) is 39.3. The molecule has 13 rings (SSSR count). The number of thiophene rings is 1. The maximum absolute atomic E-state index is 7.14. The molecule has 4 aromatic heterocycles. The number of hydrogen-bond donors (Lipinski definition) is 0. The molecule has 0 radical (unpaired) electrons. The topological polar surface area (TPSA) is 56.7 Å². The minimum atomic E-state index is -0.596. The van der Waals surface area contributed by atoms with Gasteiger partial charge in [0.2, 0.25) is 0 Å². The second-order valence-electron chi connectivity index (χ2n) is 16.9. The molecule has 5 heterocycles. The van der Waals surface area contributed by atoms with E-state index in [1.165, 1.54) is 64.6 Å². The van der Waals surface area contributed by atoms with Crippen molar-refractivity contribution in [2.75, 3.05) is 0 Å². The third-order valence-corrected chi connectivity index (χ3v) is 14.8. The van der Waals surface area contributed by atoms with Gasteiger partial charge in [-0.05, 0) is 77.6 Å². The van der Waals surface area contributed by atoms with Gasteiger partial charge in [0.25, 0.3) is 0 Å². The molecule has 0 saturated heterocycles. The molecule has 0 N–H and O–H groups in total. The summed E-state index contributed by atoms with van der Waals surface area (Å²) in [5.41, 5.74) is 13.1. The summed E-state index contributed by atoms with van der Waals surface area (Å²) in [4.78, 5) is 16.0. The summed E-state index contributed by atoms with van der Waals surface area (Å²) >= 11 is 1.87. The molecule has 0 spiro atoms. The lowest BCUT2D eigenvalue weighted by molar-refractivity contribution is 0.512. The highest BCUT2D eigenvalue weighted by Gasteiger charge is 2.47. The van der Waals surface area contributed by atoms with E-state index in [-0.39, 0.29) is 17.8 Å². The van der Waals surface area contributed by atoms with Gasteiger partial charge >= 0.3 is 0 Å². The average molecular weight is 779 g/mol. The van der Waals surface area contributed by atoms with Crippen molar-refractivity contribution in [3.8, 4) is 39.6 Å². The molecule has 6 heteroatoms. The number of aromatic nitrogens is 4. The lowest BCUT2D eigenvalue weighted by atomic mass is 9.60. The lowest BCUT2D eigenvalue weighted by Crippen LogP contribution is -2.37. The Morgan fingerprint density at radius 1 is 0.610 bits per heavy atom. The van der Waals surface area contributed by atoms with Gasteiger partial charge in [-0.15, -0.1) is 11.3 Å². The first-order valence-corrected chi connectivity index (χ1v) is 21.5. The van der Waals surface area contributed by atoms with Crippen molar-refractivity contribution in [1.82, 2.24) is 19.5 Å². The molecule has 0 fully saturated rings. The predicted octanol–water partition coefficient (Wildman–Crippen LogP) is 14.1. The van der Waals surface area contributed by atoms with Crippen LogP contribution in [-0.2, 0) is 5.41 Å². The first kappa shape index (κ1) is 33.4. The Kier molecular flexibility index (Phi) is 6.64. The molecule has 0 amide bonds. The van der Waals surface area contributed by atoms with Crippen LogP contribution in [-0.4, -0.2) is 19.5 Å². The standard InChI is InChI=1S/C53H38N4OS/c1-28-24-25-53(4)46-30(3)47-45(29(2)44(28)46)39-27-32(33-21-23-43-38(26-33)34-14-8-9-19-42(34)59-43)20-22-40(39)57(47)41-18-11-16-36-35-15-10-17-37(48(35)58-49(36)41)51-54-50(55-52(53)56-51)31-12-6-5-7-13-31/h5-30H,1-4H3. The van der Waals surface area contributed by atoms with Crippen LogP contribution in [0.3, 0.4) is 0 Å². The van der Waals surface area contributed by atoms with Gasteiger partial charge in [0.1, 0.15) is 11.4 Å². The van der Waals surface area contributed by atoms with Crippen LogP contribution < -0.4 is 0 Å². The molecule has 5 nitrogen and oxygen atoms in total. The molecule has 3 aliphatic rings. The highest BCUT2D eigenvalue weighted by molar-refractivity contribution is 7.25. The second-order valence-corrected chi connectivity index (χ2v) is 18.0. The van der Waals surface area contributed by atoms with Gasteiger partial charge in [-0.3, -0.25) is 0 Å². The van der Waals surface area contributed by atoms with E-state index >= 15 is 0 Å². The Bertz CT molecular complexity index is 3530. The van der Waals surface area contributed by atoms with E-state index in [0.29, 0.717) is 11.6 Å². The fourth-order valence-electron chi connectivity index (χ4n) is 11.1. The van der Waals surface area contributed by atoms with Gasteiger partial charge in [0.05, 0.1) is 22.2 Å². The number of allylic oxidation sites excluding steroid dienone is 4. The van der Waals surface area contributed by atoms with E-state index < -0.39 is 5.41 Å². The van der Waals surface area contributed by atoms with E-state index in [4.69, 9.17) is 19.4 Å². The number of para-hydroxylation sites is 2. The van der Waals surface area contributed by atoms with E-state index in [1.807, 2.05) is 29.5 Å². The molecule has 282 valence electrons. The number of benzene rings is 6. The van der Waals surface area contributed by atoms with Crippen molar-refractivity contribution in [3.05, 3.63) is 168 Å². The largest absolute Gasteiger partial charge is 0.453 e. The smallest absolute Gasteiger partial charge is 0.167 e. The Balaban J connectivity index is 1.15. The summed E-state index contributed by atoms with van der Waals surface area (Å²) < 4.78 is 12.3. The van der Waals surface area contributed by atoms with Crippen LogP contribution in [0.2, 0.25) is 0 Å². The first-order valence-electron chi connectivity index (χ1n) is 20.7. The van der Waals surface area contributed by atoms with E-state index in [0.717, 1.165) is 44.6 Å². The van der Waals surface area contributed by atoms with Crippen molar-refractivity contribution < 1.29 is 4.42 Å². The van der Waals surface area contributed by atoms with Crippen LogP contribution in [0.5, 0.6) is 0 Å². The molecule has 4 unspecified atom stereocenters. The molecule has 6 aromatic carbocycles. The summed E-state index contributed by atoms with van der Waals surface area (Å²) in [6, 6.07) is 46.1. The van der Waals surface area contributed by atoms with E-state index in [2.05, 4.69) is 154 Å². The monoisotopic (exact) mass is 778 g/mol. The highest BCUT2D eigenvalue weighted by atomic mass is 32.1. The van der Waals surface area contributed by atoms with Crippen LogP contribution in [0, 0.1) is 5.92 Å². The summed E-state index contributed by atoms with van der Waals surface area (Å²) in [6.45, 7) is 9.52. The first-order chi connectivity index (χ1) is 28.9. The van der Waals surface area contributed by atoms with Crippen molar-refractivity contribution in [3.63, 3.8) is 0 Å². The summed E-state index contributed by atoms with van der Waals surface area (Å²) in [5, 5.41) is 6.05. The minimum absolute atomic E-state index is 0.0334. The van der Waals surface area contributed by atoms with Crippen LogP contribution in [0.25, 0.3) is 92.6 Å². The van der Waals surface area contributed by atoms with E-state index in [1.54, 1.807) is 0 Å². The number of nitrogens with zero attached hydrogens (tertiary/aromatic N) is 4. The maximum Gasteiger partial charge on any atom is 0.167 e. The normalized spacial score (nSPS) is 20.6. The predicted molar refractivity (Wildman–Crippen MR) is 243 cm³/mol. The molecular formula is C53H38N4OS. The summed E-state index contributed by atoms with van der Waals surface area (Å²) in [5.74, 6) is 2.46. The molecular weight excluding hydrogens is 741 g/mol. The SMILES string of the molecule is CC1C=CC2(C)C3=C1C(C)c1c(n(c4ccc(-c5ccc6sc7ccccc7c6c5)cc14)-c1cccc4c1oc1c(cccc14)-c1nc(-c4ccccc4)nc2n1)C3C. The fourth-order valence-corrected chi connectivity index (χ4v) is 12.1. The molecule has 2 aliphatic carbocycles. The number of furan rings is 1. The van der Waals surface area contributed by atoms with Crippen molar-refractivity contribution in [2.45, 2.75) is 44.9 Å². The Morgan fingerprint density at radius 3 is 2.19 bits per heavy atom. The molecule has 1 aliphatic heterocycles. The molecule has 10 aromatic rings. The van der Waals surface area contributed by atoms with Crippen molar-refractivity contribution >= 4 is 64.4 Å². The Labute approximate surface area is 345 Å². The third kappa shape index (κ3) is 4.42. The Morgan fingerprint density at radius 2 is 1.32 bits per heavy atom. The van der Waals surface area contributed by atoms with E-state index in [9.17, 15) is 0 Å². The lowest BCUT2D eigenvalue weighted by Gasteiger charge is -2.44. The summed E-state index contributed by atoms with van der Waals surface area (Å²) in [7, 11) is 0. The molecule has 6 bridgehead atoms.